The van der Waals surface area contributed by atoms with E-state index in [1.165, 1.54) is 89.9 Å². The van der Waals surface area contributed by atoms with Gasteiger partial charge in [-0.05, 0) is 64.9 Å². The van der Waals surface area contributed by atoms with Crippen molar-refractivity contribution in [2.75, 3.05) is 0 Å². The SMILES string of the molecule is BC(c1ccccc1)c1ccccc1.CCCCCCc1cccc(C([SiH2]c2ccccc2)(c2cccc(CCCCCC)c2)n2ccnc2)c1. The van der Waals surface area contributed by atoms with Crippen LogP contribution in [0.5, 0.6) is 0 Å². The topological polar surface area (TPSA) is 17.8 Å². The van der Waals surface area contributed by atoms with Crippen molar-refractivity contribution in [3.8, 4) is 0 Å². The van der Waals surface area contributed by atoms with Crippen LogP contribution < -0.4 is 5.19 Å². The molecule has 0 saturated carbocycles. The molecule has 5 aromatic carbocycles. The monoisotopic (exact) mass is 688 g/mol. The fraction of sp³-hybridized carbons (Fsp3) is 0.298. The lowest BCUT2D eigenvalue weighted by atomic mass is 9.76. The van der Waals surface area contributed by atoms with Gasteiger partial charge in [0.25, 0.3) is 0 Å². The van der Waals surface area contributed by atoms with E-state index in [2.05, 4.69) is 177 Å². The Hall–Kier alpha value is -4.41. The molecular weight excluding hydrogens is 631 g/mol. The molecule has 6 rings (SSSR count). The van der Waals surface area contributed by atoms with E-state index in [1.807, 2.05) is 12.5 Å². The molecule has 1 aromatic heterocycles. The van der Waals surface area contributed by atoms with Gasteiger partial charge >= 0.3 is 0 Å². The molecule has 0 saturated heterocycles. The Balaban J connectivity index is 0.000000299. The molecular formula is C47H57BN2Si. The first-order valence-electron chi connectivity index (χ1n) is 19.4. The second-order valence-corrected chi connectivity index (χ2v) is 16.3. The van der Waals surface area contributed by atoms with Gasteiger partial charge in [-0.15, -0.1) is 0 Å². The van der Waals surface area contributed by atoms with Crippen LogP contribution in [0.15, 0.2) is 158 Å². The van der Waals surface area contributed by atoms with Crippen LogP contribution in [0.1, 0.15) is 104 Å². The quantitative estimate of drug-likeness (QED) is 0.0689. The zero-order valence-corrected chi connectivity index (χ0v) is 32.7. The summed E-state index contributed by atoms with van der Waals surface area (Å²) in [6, 6.07) is 51.3. The van der Waals surface area contributed by atoms with Crippen LogP contribution in [-0.4, -0.2) is 26.9 Å². The molecule has 0 aliphatic carbocycles. The maximum absolute atomic E-state index is 4.55. The van der Waals surface area contributed by atoms with Gasteiger partial charge in [-0.1, -0.05) is 197 Å². The number of rotatable bonds is 17. The first-order valence-corrected chi connectivity index (χ1v) is 20.9. The van der Waals surface area contributed by atoms with E-state index in [9.17, 15) is 0 Å². The minimum atomic E-state index is -0.833. The molecule has 0 aliphatic rings. The van der Waals surface area contributed by atoms with E-state index in [4.69, 9.17) is 0 Å². The summed E-state index contributed by atoms with van der Waals surface area (Å²) in [4.78, 5) is 4.55. The van der Waals surface area contributed by atoms with E-state index >= 15 is 0 Å². The number of nitrogens with zero attached hydrogens (tertiary/aromatic N) is 2. The Kier molecular flexibility index (Phi) is 15.2. The molecule has 0 aliphatic heterocycles. The van der Waals surface area contributed by atoms with E-state index in [-0.39, 0.29) is 5.16 Å². The van der Waals surface area contributed by atoms with Gasteiger partial charge in [0.05, 0.1) is 21.0 Å². The van der Waals surface area contributed by atoms with Crippen molar-refractivity contribution < 1.29 is 0 Å². The molecule has 1 heterocycles. The molecule has 0 atom stereocenters. The van der Waals surface area contributed by atoms with Crippen LogP contribution in [0.4, 0.5) is 0 Å². The zero-order valence-electron chi connectivity index (χ0n) is 31.3. The fourth-order valence-electron chi connectivity index (χ4n) is 7.29. The molecule has 0 amide bonds. The highest BCUT2D eigenvalue weighted by molar-refractivity contribution is 6.57. The lowest BCUT2D eigenvalue weighted by molar-refractivity contribution is 0.593. The summed E-state index contributed by atoms with van der Waals surface area (Å²) in [5.41, 5.74) is 8.46. The first kappa shape index (κ1) is 37.8. The van der Waals surface area contributed by atoms with Gasteiger partial charge in [0.1, 0.15) is 7.85 Å². The second-order valence-electron chi connectivity index (χ2n) is 14.1. The minimum absolute atomic E-state index is 0.225. The summed E-state index contributed by atoms with van der Waals surface area (Å²) in [6.07, 6.45) is 18.8. The van der Waals surface area contributed by atoms with Crippen molar-refractivity contribution in [2.24, 2.45) is 0 Å². The molecule has 262 valence electrons. The van der Waals surface area contributed by atoms with Crippen LogP contribution in [0.25, 0.3) is 0 Å². The maximum atomic E-state index is 4.55. The maximum Gasteiger partial charge on any atom is 0.116 e. The third kappa shape index (κ3) is 10.8. The molecule has 0 radical (unpaired) electrons. The van der Waals surface area contributed by atoms with Gasteiger partial charge in [-0.3, -0.25) is 0 Å². The summed E-state index contributed by atoms with van der Waals surface area (Å²) >= 11 is 0. The molecule has 51 heavy (non-hydrogen) atoms. The molecule has 0 bridgehead atoms. The molecule has 0 fully saturated rings. The Morgan fingerprint density at radius 3 is 1.53 bits per heavy atom. The van der Waals surface area contributed by atoms with Crippen molar-refractivity contribution in [1.29, 1.82) is 0 Å². The summed E-state index contributed by atoms with van der Waals surface area (Å²) in [6.45, 7) is 4.57. The number of unbranched alkanes of at least 4 members (excludes halogenated alkanes) is 6. The van der Waals surface area contributed by atoms with Crippen LogP contribution in [0.2, 0.25) is 0 Å². The molecule has 0 N–H and O–H groups in total. The molecule has 0 unspecified atom stereocenters. The molecule has 2 nitrogen and oxygen atoms in total. The highest BCUT2D eigenvalue weighted by atomic mass is 28.2. The third-order valence-electron chi connectivity index (χ3n) is 10.3. The summed E-state index contributed by atoms with van der Waals surface area (Å²) in [5.74, 6) is 0.484. The van der Waals surface area contributed by atoms with Crippen LogP contribution in [-0.2, 0) is 18.0 Å². The Morgan fingerprint density at radius 1 is 0.588 bits per heavy atom. The predicted molar refractivity (Wildman–Crippen MR) is 225 cm³/mol. The number of benzene rings is 5. The highest BCUT2D eigenvalue weighted by Crippen LogP contribution is 2.35. The van der Waals surface area contributed by atoms with Crippen LogP contribution in [0, 0.1) is 0 Å². The van der Waals surface area contributed by atoms with Crippen LogP contribution in [0.3, 0.4) is 0 Å². The highest BCUT2D eigenvalue weighted by Gasteiger charge is 2.37. The van der Waals surface area contributed by atoms with Gasteiger partial charge in [-0.2, -0.15) is 0 Å². The zero-order chi connectivity index (χ0) is 35.6. The van der Waals surface area contributed by atoms with Crippen molar-refractivity contribution in [3.63, 3.8) is 0 Å². The normalized spacial score (nSPS) is 11.5. The lowest BCUT2D eigenvalue weighted by Crippen LogP contribution is -2.46. The smallest absolute Gasteiger partial charge is 0.116 e. The number of aromatic nitrogens is 2. The first-order chi connectivity index (χ1) is 25.1. The minimum Gasteiger partial charge on any atom is -0.326 e. The second kappa shape index (κ2) is 20.4. The summed E-state index contributed by atoms with van der Waals surface area (Å²) < 4.78 is 2.40. The van der Waals surface area contributed by atoms with Crippen molar-refractivity contribution in [1.82, 2.24) is 9.55 Å². The average molecular weight is 689 g/mol. The number of imidazole rings is 1. The number of hydrogen-bond acceptors (Lipinski definition) is 1. The van der Waals surface area contributed by atoms with Crippen molar-refractivity contribution in [3.05, 3.63) is 192 Å². The van der Waals surface area contributed by atoms with E-state index in [1.54, 1.807) is 0 Å². The van der Waals surface area contributed by atoms with Gasteiger partial charge in [0, 0.05) is 12.4 Å². The van der Waals surface area contributed by atoms with Gasteiger partial charge in [0.2, 0.25) is 0 Å². The van der Waals surface area contributed by atoms with Crippen molar-refractivity contribution in [2.45, 2.75) is 89.0 Å². The Bertz CT molecular complexity index is 1710. The molecule has 4 heteroatoms. The third-order valence-corrected chi connectivity index (χ3v) is 12.9. The van der Waals surface area contributed by atoms with Crippen molar-refractivity contribution >= 4 is 22.6 Å². The fourth-order valence-corrected chi connectivity index (χ4v) is 9.61. The van der Waals surface area contributed by atoms with Gasteiger partial charge in [-0.25, -0.2) is 4.98 Å². The van der Waals surface area contributed by atoms with Gasteiger partial charge in [0.15, 0.2) is 0 Å². The van der Waals surface area contributed by atoms with Gasteiger partial charge < -0.3 is 4.57 Å². The van der Waals surface area contributed by atoms with E-state index < -0.39 is 9.52 Å². The number of hydrogen-bond donors (Lipinski definition) is 0. The molecule has 0 spiro atoms. The standard InChI is InChI=1S/C34H44N2Si.C13H13B/c1-3-5-7-10-16-29-18-14-20-31(26-29)34(36-25-24-35-28-36,37-33-22-12-9-13-23-33)32-21-15-19-30(27-32)17-11-8-6-4-2;14-13(11-7-3-1-4-8-11)12-9-5-2-6-10-12/h9,12-15,18-28H,3-8,10-11,16-17,37H2,1-2H3;1-10,13H,14H2. The van der Waals surface area contributed by atoms with E-state index in [0.29, 0.717) is 5.82 Å². The predicted octanol–water partition coefficient (Wildman–Crippen LogP) is 9.78. The van der Waals surface area contributed by atoms with Crippen LogP contribution >= 0.6 is 0 Å². The average Bonchev–Trinajstić information content (AvgIpc) is 3.74. The molecule has 6 aromatic rings. The summed E-state index contributed by atoms with van der Waals surface area (Å²) in [5, 5.41) is 1.24. The Morgan fingerprint density at radius 2 is 1.08 bits per heavy atom. The lowest BCUT2D eigenvalue weighted by Gasteiger charge is -2.37. The largest absolute Gasteiger partial charge is 0.326 e. The summed E-state index contributed by atoms with van der Waals surface area (Å²) in [7, 11) is 1.41. The van der Waals surface area contributed by atoms with E-state index in [0.717, 1.165) is 12.8 Å². The Labute approximate surface area is 311 Å². The number of aryl methyl sites for hydroxylation is 2.